The van der Waals surface area contributed by atoms with E-state index in [1.807, 2.05) is 37.3 Å². The van der Waals surface area contributed by atoms with Crippen molar-refractivity contribution in [3.8, 4) is 11.8 Å². The van der Waals surface area contributed by atoms with Gasteiger partial charge in [-0.05, 0) is 24.8 Å². The van der Waals surface area contributed by atoms with Crippen LogP contribution in [-0.4, -0.2) is 16.0 Å². The van der Waals surface area contributed by atoms with Gasteiger partial charge in [0.15, 0.2) is 5.04 Å². The van der Waals surface area contributed by atoms with Gasteiger partial charge in [0.2, 0.25) is 5.91 Å². The Kier molecular flexibility index (Phi) is 5.08. The third kappa shape index (κ3) is 3.48. The smallest absolute Gasteiger partial charge is 0.241 e. The first-order valence-corrected chi connectivity index (χ1v) is 8.02. The molecule has 1 heterocycles. The molecule has 1 amide bonds. The van der Waals surface area contributed by atoms with Crippen LogP contribution < -0.4 is 0 Å². The lowest BCUT2D eigenvalue weighted by Gasteiger charge is -2.31. The van der Waals surface area contributed by atoms with Crippen LogP contribution in [0.25, 0.3) is 0 Å². The van der Waals surface area contributed by atoms with Crippen molar-refractivity contribution in [1.82, 2.24) is 5.01 Å². The molecule has 1 aromatic carbocycles. The van der Waals surface area contributed by atoms with E-state index in [0.29, 0.717) is 5.04 Å². The summed E-state index contributed by atoms with van der Waals surface area (Å²) in [6, 6.07) is 9.96. The Morgan fingerprint density at radius 1 is 1.38 bits per heavy atom. The summed E-state index contributed by atoms with van der Waals surface area (Å²) in [5.41, 5.74) is 1.05. The van der Waals surface area contributed by atoms with Crippen molar-refractivity contribution in [3.05, 3.63) is 35.9 Å². The van der Waals surface area contributed by atoms with Crippen LogP contribution >= 0.6 is 11.8 Å². The highest BCUT2D eigenvalue weighted by molar-refractivity contribution is 8.15. The lowest BCUT2D eigenvalue weighted by atomic mass is 10.1. The number of thioether (sulfide) groups is 1. The maximum Gasteiger partial charge on any atom is 0.241 e. The molecule has 0 aromatic heterocycles. The van der Waals surface area contributed by atoms with Gasteiger partial charge in [-0.3, -0.25) is 4.79 Å². The van der Waals surface area contributed by atoms with Gasteiger partial charge in [0, 0.05) is 13.3 Å². The normalized spacial score (nSPS) is 20.7. The zero-order valence-electron chi connectivity index (χ0n) is 12.7. The fraction of sp³-hybridized carbons (Fsp3) is 0.412. The number of hydrogen-bond acceptors (Lipinski definition) is 3. The number of hydrogen-bond donors (Lipinski definition) is 0. The average Bonchev–Trinajstić information content (AvgIpc) is 2.83. The summed E-state index contributed by atoms with van der Waals surface area (Å²) >= 11 is 1.54. The van der Waals surface area contributed by atoms with Crippen LogP contribution in [-0.2, 0) is 9.67 Å². The van der Waals surface area contributed by atoms with Gasteiger partial charge < -0.3 is 0 Å². The molecule has 0 bridgehead atoms. The molecule has 1 aliphatic heterocycles. The second kappa shape index (κ2) is 6.82. The third-order valence-electron chi connectivity index (χ3n) is 3.35. The van der Waals surface area contributed by atoms with Gasteiger partial charge in [-0.2, -0.15) is 5.10 Å². The summed E-state index contributed by atoms with van der Waals surface area (Å²) < 4.78 is 0. The van der Waals surface area contributed by atoms with E-state index >= 15 is 0 Å². The quantitative estimate of drug-likeness (QED) is 0.625. The van der Waals surface area contributed by atoms with Crippen LogP contribution in [0.4, 0.5) is 0 Å². The molecule has 0 fully saturated rings. The van der Waals surface area contributed by atoms with E-state index in [1.165, 1.54) is 5.01 Å². The largest absolute Gasteiger partial charge is 0.273 e. The maximum absolute atomic E-state index is 11.9. The molecule has 1 unspecified atom stereocenters. The second-order valence-electron chi connectivity index (χ2n) is 5.09. The number of carbonyl (C=O) groups excluding carboxylic acids is 1. The molecule has 0 radical (unpaired) electrons. The van der Waals surface area contributed by atoms with Crippen molar-refractivity contribution in [1.29, 1.82) is 0 Å². The first-order valence-electron chi connectivity index (χ1n) is 7.20. The predicted octanol–water partition coefficient (Wildman–Crippen LogP) is 3.96. The topological polar surface area (TPSA) is 32.7 Å². The predicted molar refractivity (Wildman–Crippen MR) is 88.6 cm³/mol. The van der Waals surface area contributed by atoms with Crippen molar-refractivity contribution in [3.63, 3.8) is 0 Å². The van der Waals surface area contributed by atoms with Crippen LogP contribution in [0.5, 0.6) is 0 Å². The van der Waals surface area contributed by atoms with E-state index in [2.05, 4.69) is 23.9 Å². The first-order chi connectivity index (χ1) is 10.1. The third-order valence-corrected chi connectivity index (χ3v) is 4.53. The Balaban J connectivity index is 2.24. The average molecular weight is 300 g/mol. The highest BCUT2D eigenvalue weighted by atomic mass is 32.2. The molecular weight excluding hydrogens is 280 g/mol. The molecule has 4 heteroatoms. The second-order valence-corrected chi connectivity index (χ2v) is 6.48. The van der Waals surface area contributed by atoms with Crippen molar-refractivity contribution < 1.29 is 4.79 Å². The van der Waals surface area contributed by atoms with Crippen LogP contribution in [0.2, 0.25) is 0 Å². The number of amides is 1. The van der Waals surface area contributed by atoms with E-state index in [4.69, 9.17) is 0 Å². The number of nitrogens with zero attached hydrogens (tertiary/aromatic N) is 2. The minimum atomic E-state index is -0.512. The van der Waals surface area contributed by atoms with Gasteiger partial charge in [0.25, 0.3) is 0 Å². The molecule has 1 atom stereocenters. The Morgan fingerprint density at radius 2 is 2.10 bits per heavy atom. The summed E-state index contributed by atoms with van der Waals surface area (Å²) in [6.45, 7) is 5.70. The van der Waals surface area contributed by atoms with Crippen molar-refractivity contribution in [2.45, 2.75) is 44.9 Å². The minimum absolute atomic E-state index is 0.0702. The number of carbonyl (C=O) groups is 1. The molecular formula is C17H20N2OS. The Morgan fingerprint density at radius 3 is 2.71 bits per heavy atom. The lowest BCUT2D eigenvalue weighted by Crippen LogP contribution is -2.37. The summed E-state index contributed by atoms with van der Waals surface area (Å²) in [5.74, 6) is 6.16. The van der Waals surface area contributed by atoms with Crippen LogP contribution in [0, 0.1) is 11.8 Å². The molecule has 0 saturated carbocycles. The van der Waals surface area contributed by atoms with Gasteiger partial charge in [-0.25, -0.2) is 5.01 Å². The number of unbranched alkanes of at least 4 members (excludes halogenated alkanes) is 2. The molecule has 3 nitrogen and oxygen atoms in total. The van der Waals surface area contributed by atoms with E-state index in [9.17, 15) is 4.79 Å². The van der Waals surface area contributed by atoms with Crippen LogP contribution in [0.15, 0.2) is 35.4 Å². The SMILES string of the molecule is CCCCC#CC1=NN(C(C)=O)C(C)(c2ccccc2)S1. The monoisotopic (exact) mass is 300 g/mol. The molecule has 110 valence electrons. The number of hydrazone groups is 1. The fourth-order valence-electron chi connectivity index (χ4n) is 2.19. The van der Waals surface area contributed by atoms with E-state index in [0.717, 1.165) is 24.8 Å². The van der Waals surface area contributed by atoms with Gasteiger partial charge in [0.1, 0.15) is 4.87 Å². The summed E-state index contributed by atoms with van der Waals surface area (Å²) in [7, 11) is 0. The summed E-state index contributed by atoms with van der Waals surface area (Å²) in [4.78, 5) is 11.4. The molecule has 1 aliphatic rings. The fourth-order valence-corrected chi connectivity index (χ4v) is 3.32. The van der Waals surface area contributed by atoms with E-state index < -0.39 is 4.87 Å². The van der Waals surface area contributed by atoms with Gasteiger partial charge in [0.05, 0.1) is 0 Å². The molecule has 0 aliphatic carbocycles. The molecule has 1 aromatic rings. The first kappa shape index (κ1) is 15.7. The van der Waals surface area contributed by atoms with Gasteiger partial charge in [-0.15, -0.1) is 0 Å². The number of benzene rings is 1. The standard InChI is InChI=1S/C17H20N2OS/c1-4-5-6-10-13-16-18-19(14(2)20)17(3,21-16)15-11-8-7-9-12-15/h7-9,11-12H,4-6H2,1-3H3. The highest BCUT2D eigenvalue weighted by Gasteiger charge is 2.42. The van der Waals surface area contributed by atoms with Crippen LogP contribution in [0.1, 0.15) is 45.6 Å². The van der Waals surface area contributed by atoms with Crippen molar-refractivity contribution in [2.24, 2.45) is 5.10 Å². The Hall–Kier alpha value is -1.73. The highest BCUT2D eigenvalue weighted by Crippen LogP contribution is 2.45. The Bertz CT molecular complexity index is 600. The Labute approximate surface area is 130 Å². The van der Waals surface area contributed by atoms with E-state index in [-0.39, 0.29) is 5.91 Å². The zero-order chi connectivity index (χ0) is 15.3. The molecule has 2 rings (SSSR count). The van der Waals surface area contributed by atoms with Crippen molar-refractivity contribution in [2.75, 3.05) is 0 Å². The summed E-state index contributed by atoms with van der Waals surface area (Å²) in [5, 5.41) is 6.66. The maximum atomic E-state index is 11.9. The molecule has 0 saturated heterocycles. The number of rotatable bonds is 3. The summed E-state index contributed by atoms with van der Waals surface area (Å²) in [6.07, 6.45) is 3.10. The van der Waals surface area contributed by atoms with Gasteiger partial charge in [-0.1, -0.05) is 61.4 Å². The minimum Gasteiger partial charge on any atom is -0.273 e. The van der Waals surface area contributed by atoms with Gasteiger partial charge >= 0.3 is 0 Å². The lowest BCUT2D eigenvalue weighted by molar-refractivity contribution is -0.131. The molecule has 21 heavy (non-hydrogen) atoms. The van der Waals surface area contributed by atoms with Crippen molar-refractivity contribution >= 4 is 22.7 Å². The zero-order valence-corrected chi connectivity index (χ0v) is 13.5. The van der Waals surface area contributed by atoms with E-state index in [1.54, 1.807) is 18.7 Å². The molecule has 0 N–H and O–H groups in total. The van der Waals surface area contributed by atoms with Crippen LogP contribution in [0.3, 0.4) is 0 Å². The molecule has 0 spiro atoms.